The topological polar surface area (TPSA) is 34.9 Å². The number of aromatic nitrogens is 2. The molecule has 18 heavy (non-hydrogen) atoms. The van der Waals surface area contributed by atoms with E-state index in [-0.39, 0.29) is 5.69 Å². The second-order valence-corrected chi connectivity index (χ2v) is 5.22. The number of rotatable bonds is 1. The van der Waals surface area contributed by atoms with Crippen LogP contribution in [0.5, 0.6) is 0 Å². The van der Waals surface area contributed by atoms with Crippen molar-refractivity contribution in [1.29, 1.82) is 0 Å². The van der Waals surface area contributed by atoms with Crippen LogP contribution in [0.1, 0.15) is 0 Å². The molecule has 3 aromatic rings. The fourth-order valence-corrected chi connectivity index (χ4v) is 2.97. The first kappa shape index (κ1) is 11.4. The lowest BCUT2D eigenvalue weighted by atomic mass is 10.1. The minimum absolute atomic E-state index is 0.264. The summed E-state index contributed by atoms with van der Waals surface area (Å²) in [6.45, 7) is 0. The van der Waals surface area contributed by atoms with E-state index in [2.05, 4.69) is 4.98 Å². The molecule has 3 nitrogen and oxygen atoms in total. The van der Waals surface area contributed by atoms with Crippen LogP contribution in [0.3, 0.4) is 0 Å². The van der Waals surface area contributed by atoms with Crippen molar-refractivity contribution < 1.29 is 0 Å². The zero-order chi connectivity index (χ0) is 12.7. The summed E-state index contributed by atoms with van der Waals surface area (Å²) in [5.74, 6) is 0. The van der Waals surface area contributed by atoms with Gasteiger partial charge in [0.15, 0.2) is 0 Å². The van der Waals surface area contributed by atoms with E-state index in [9.17, 15) is 4.79 Å². The third-order valence-corrected chi connectivity index (χ3v) is 3.98. The predicted octanol–water partition coefficient (Wildman–Crippen LogP) is 3.32. The molecule has 0 fully saturated rings. The maximum absolute atomic E-state index is 11.9. The van der Waals surface area contributed by atoms with Crippen LogP contribution >= 0.6 is 22.9 Å². The van der Waals surface area contributed by atoms with Crippen LogP contribution in [0.15, 0.2) is 40.5 Å². The Kier molecular flexibility index (Phi) is 2.69. The molecular formula is C13H9ClN2OS. The van der Waals surface area contributed by atoms with Crippen LogP contribution in [0.2, 0.25) is 5.02 Å². The summed E-state index contributed by atoms with van der Waals surface area (Å²) in [4.78, 5) is 16.6. The molecule has 0 atom stereocenters. The lowest BCUT2D eigenvalue weighted by Crippen LogP contribution is -2.21. The van der Waals surface area contributed by atoms with E-state index in [0.717, 1.165) is 21.5 Å². The highest BCUT2D eigenvalue weighted by atomic mass is 35.5. The van der Waals surface area contributed by atoms with Gasteiger partial charge in [0.1, 0.15) is 4.83 Å². The number of benzene rings is 1. The van der Waals surface area contributed by atoms with Gasteiger partial charge in [-0.15, -0.1) is 11.3 Å². The van der Waals surface area contributed by atoms with Crippen LogP contribution < -0.4 is 5.69 Å². The first-order chi connectivity index (χ1) is 8.68. The molecule has 5 heteroatoms. The zero-order valence-corrected chi connectivity index (χ0v) is 11.1. The van der Waals surface area contributed by atoms with Crippen LogP contribution in [0.25, 0.3) is 21.5 Å². The van der Waals surface area contributed by atoms with Gasteiger partial charge in [-0.05, 0) is 17.5 Å². The van der Waals surface area contributed by atoms with Crippen molar-refractivity contribution in [3.63, 3.8) is 0 Å². The van der Waals surface area contributed by atoms with Crippen LogP contribution in [-0.4, -0.2) is 9.55 Å². The number of nitrogens with zero attached hydrogens (tertiary/aromatic N) is 2. The average Bonchev–Trinajstić information content (AvgIpc) is 2.80. The van der Waals surface area contributed by atoms with E-state index in [0.29, 0.717) is 5.02 Å². The van der Waals surface area contributed by atoms with E-state index in [4.69, 9.17) is 11.6 Å². The summed E-state index contributed by atoms with van der Waals surface area (Å²) in [6.07, 6.45) is 0. The fraction of sp³-hybridized carbons (Fsp3) is 0.0769. The third-order valence-electron chi connectivity index (χ3n) is 2.85. The Balaban J connectivity index is 2.48. The highest BCUT2D eigenvalue weighted by molar-refractivity contribution is 7.16. The largest absolute Gasteiger partial charge is 0.349 e. The van der Waals surface area contributed by atoms with E-state index >= 15 is 0 Å². The van der Waals surface area contributed by atoms with Crippen molar-refractivity contribution in [2.75, 3.05) is 0 Å². The van der Waals surface area contributed by atoms with Crippen molar-refractivity contribution in [2.45, 2.75) is 0 Å². The van der Waals surface area contributed by atoms with Crippen molar-refractivity contribution >= 4 is 33.2 Å². The SMILES string of the molecule is Cn1c(-c2ccccc2Cl)c2ccsc2nc1=O. The van der Waals surface area contributed by atoms with Gasteiger partial charge in [-0.3, -0.25) is 4.57 Å². The molecule has 3 rings (SSSR count). The molecule has 0 radical (unpaired) electrons. The van der Waals surface area contributed by atoms with E-state index in [1.807, 2.05) is 35.7 Å². The molecule has 0 aliphatic heterocycles. The molecule has 2 aromatic heterocycles. The summed E-state index contributed by atoms with van der Waals surface area (Å²) < 4.78 is 1.54. The van der Waals surface area contributed by atoms with Crippen LogP contribution in [0.4, 0.5) is 0 Å². The molecule has 0 N–H and O–H groups in total. The molecule has 90 valence electrons. The minimum Gasteiger partial charge on any atom is -0.294 e. The predicted molar refractivity (Wildman–Crippen MR) is 75.3 cm³/mol. The Hall–Kier alpha value is -1.65. The molecule has 0 unspecified atom stereocenters. The van der Waals surface area contributed by atoms with Gasteiger partial charge in [-0.25, -0.2) is 4.79 Å². The smallest absolute Gasteiger partial charge is 0.294 e. The molecule has 0 amide bonds. The van der Waals surface area contributed by atoms with E-state index in [1.54, 1.807) is 7.05 Å². The van der Waals surface area contributed by atoms with Gasteiger partial charge in [0.05, 0.1) is 5.69 Å². The Morgan fingerprint density at radius 2 is 2.06 bits per heavy atom. The summed E-state index contributed by atoms with van der Waals surface area (Å²) in [5.41, 5.74) is 1.40. The molecule has 0 saturated heterocycles. The summed E-state index contributed by atoms with van der Waals surface area (Å²) >= 11 is 7.68. The maximum atomic E-state index is 11.9. The van der Waals surface area contributed by atoms with Gasteiger partial charge >= 0.3 is 5.69 Å². The molecule has 1 aromatic carbocycles. The van der Waals surface area contributed by atoms with Crippen molar-refractivity contribution in [3.05, 3.63) is 51.2 Å². The lowest BCUT2D eigenvalue weighted by molar-refractivity contribution is 0.838. The number of halogens is 1. The van der Waals surface area contributed by atoms with Crippen molar-refractivity contribution in [3.8, 4) is 11.3 Å². The van der Waals surface area contributed by atoms with Gasteiger partial charge in [0.25, 0.3) is 0 Å². The molecular weight excluding hydrogens is 268 g/mol. The van der Waals surface area contributed by atoms with Crippen molar-refractivity contribution in [2.24, 2.45) is 7.05 Å². The Bertz CT molecular complexity index is 791. The molecule has 0 aliphatic rings. The van der Waals surface area contributed by atoms with Gasteiger partial charge in [-0.1, -0.05) is 29.8 Å². The molecule has 0 bridgehead atoms. The Morgan fingerprint density at radius 1 is 1.28 bits per heavy atom. The average molecular weight is 277 g/mol. The van der Waals surface area contributed by atoms with Crippen molar-refractivity contribution in [1.82, 2.24) is 9.55 Å². The number of thiophene rings is 1. The molecule has 0 saturated carbocycles. The number of hydrogen-bond donors (Lipinski definition) is 0. The number of fused-ring (bicyclic) bond motifs is 1. The van der Waals surface area contributed by atoms with Gasteiger partial charge in [0, 0.05) is 23.0 Å². The zero-order valence-electron chi connectivity index (χ0n) is 9.55. The maximum Gasteiger partial charge on any atom is 0.349 e. The molecule has 0 spiro atoms. The molecule has 0 aliphatic carbocycles. The second kappa shape index (κ2) is 4.23. The first-order valence-electron chi connectivity index (χ1n) is 5.37. The van der Waals surface area contributed by atoms with Gasteiger partial charge in [0.2, 0.25) is 0 Å². The van der Waals surface area contributed by atoms with Crippen LogP contribution in [0, 0.1) is 0 Å². The Labute approximate surface area is 112 Å². The van der Waals surface area contributed by atoms with Crippen LogP contribution in [-0.2, 0) is 7.05 Å². The standard InChI is InChI=1S/C13H9ClN2OS/c1-16-11(8-4-2-3-5-10(8)14)9-6-7-18-12(9)15-13(16)17/h2-7H,1H3. The minimum atomic E-state index is -0.264. The highest BCUT2D eigenvalue weighted by Crippen LogP contribution is 2.32. The molecule has 2 heterocycles. The van der Waals surface area contributed by atoms with E-state index < -0.39 is 0 Å². The third kappa shape index (κ3) is 1.65. The normalized spacial score (nSPS) is 11.0. The van der Waals surface area contributed by atoms with E-state index in [1.165, 1.54) is 15.9 Å². The number of hydrogen-bond acceptors (Lipinski definition) is 3. The lowest BCUT2D eigenvalue weighted by Gasteiger charge is -2.10. The fourth-order valence-electron chi connectivity index (χ4n) is 1.99. The highest BCUT2D eigenvalue weighted by Gasteiger charge is 2.13. The summed E-state index contributed by atoms with van der Waals surface area (Å²) in [7, 11) is 1.71. The second-order valence-electron chi connectivity index (χ2n) is 3.92. The Morgan fingerprint density at radius 3 is 2.83 bits per heavy atom. The summed E-state index contributed by atoms with van der Waals surface area (Å²) in [5, 5.41) is 3.51. The van der Waals surface area contributed by atoms with Gasteiger partial charge in [-0.2, -0.15) is 4.98 Å². The first-order valence-corrected chi connectivity index (χ1v) is 6.63. The quantitative estimate of drug-likeness (QED) is 0.683. The monoisotopic (exact) mass is 276 g/mol. The van der Waals surface area contributed by atoms with Gasteiger partial charge < -0.3 is 0 Å². The summed E-state index contributed by atoms with van der Waals surface area (Å²) in [6, 6.07) is 9.47.